The van der Waals surface area contributed by atoms with Gasteiger partial charge in [0.1, 0.15) is 0 Å². The van der Waals surface area contributed by atoms with Gasteiger partial charge in [-0.3, -0.25) is 9.48 Å². The number of hydrogen-bond acceptors (Lipinski definition) is 4. The third-order valence-corrected chi connectivity index (χ3v) is 4.76. The Labute approximate surface area is 160 Å². The van der Waals surface area contributed by atoms with E-state index < -0.39 is 24.3 Å². The van der Waals surface area contributed by atoms with Crippen LogP contribution in [0.5, 0.6) is 5.88 Å². The number of rotatable bonds is 6. The van der Waals surface area contributed by atoms with Crippen molar-refractivity contribution in [3.8, 4) is 5.88 Å². The fourth-order valence-corrected chi connectivity index (χ4v) is 3.40. The first-order valence-corrected chi connectivity index (χ1v) is 9.24. The zero-order valence-corrected chi connectivity index (χ0v) is 15.9. The Balaban J connectivity index is 1.64. The van der Waals surface area contributed by atoms with E-state index in [1.807, 2.05) is 0 Å². The number of carbonyl (C=O) groups is 1. The van der Waals surface area contributed by atoms with Crippen LogP contribution in [0.3, 0.4) is 0 Å². The maximum Gasteiger partial charge on any atom is 0.417 e. The summed E-state index contributed by atoms with van der Waals surface area (Å²) in [6, 6.07) is 0.817. The van der Waals surface area contributed by atoms with E-state index in [1.165, 1.54) is 37.1 Å². The first kappa shape index (κ1) is 20.2. The van der Waals surface area contributed by atoms with Gasteiger partial charge in [-0.1, -0.05) is 11.6 Å². The summed E-state index contributed by atoms with van der Waals surface area (Å²) in [5, 5.41) is 6.66. The van der Waals surface area contributed by atoms with Gasteiger partial charge in [-0.25, -0.2) is 0 Å². The highest BCUT2D eigenvalue weighted by atomic mass is 19.4. The van der Waals surface area contributed by atoms with Gasteiger partial charge < -0.3 is 10.1 Å². The second-order valence-corrected chi connectivity index (χ2v) is 6.91. The van der Waals surface area contributed by atoms with Crippen molar-refractivity contribution in [3.05, 3.63) is 29.0 Å². The number of halogens is 3. The maximum atomic E-state index is 13.4. The zero-order valence-electron chi connectivity index (χ0n) is 15.9. The normalized spacial score (nSPS) is 14.8. The van der Waals surface area contributed by atoms with Gasteiger partial charge in [0.2, 0.25) is 5.88 Å². The monoisotopic (exact) mass is 396 g/mol. The van der Waals surface area contributed by atoms with E-state index in [1.54, 1.807) is 0 Å². The topological polar surface area (TPSA) is 69.0 Å². The minimum absolute atomic E-state index is 0.0620. The summed E-state index contributed by atoms with van der Waals surface area (Å²) in [5.74, 6) is -0.652. The molecule has 0 atom stereocenters. The SMILES string of the molecule is Cc1nn(C)c2nc(OCC(=O)NCCC3=CCCCC3)cc(C(F)(F)F)c12. The van der Waals surface area contributed by atoms with E-state index in [0.717, 1.165) is 25.3 Å². The van der Waals surface area contributed by atoms with Gasteiger partial charge in [0, 0.05) is 19.7 Å². The molecule has 2 aromatic rings. The van der Waals surface area contributed by atoms with E-state index in [-0.39, 0.29) is 22.6 Å². The predicted molar refractivity (Wildman–Crippen MR) is 97.9 cm³/mol. The van der Waals surface area contributed by atoms with Crippen molar-refractivity contribution in [3.63, 3.8) is 0 Å². The van der Waals surface area contributed by atoms with Crippen molar-refractivity contribution in [1.82, 2.24) is 20.1 Å². The van der Waals surface area contributed by atoms with Gasteiger partial charge in [0.05, 0.1) is 16.6 Å². The standard InChI is InChI=1S/C19H23F3N4O2/c1-12-17-14(19(20,21)22)10-16(24-18(17)26(2)25-12)28-11-15(27)23-9-8-13-6-4-3-5-7-13/h6,10H,3-5,7-9,11H2,1-2H3,(H,23,27). The van der Waals surface area contributed by atoms with Crippen LogP contribution in [0, 0.1) is 6.92 Å². The van der Waals surface area contributed by atoms with Gasteiger partial charge >= 0.3 is 6.18 Å². The Hall–Kier alpha value is -2.58. The molecule has 1 aliphatic rings. The molecular weight excluding hydrogens is 373 g/mol. The Morgan fingerprint density at radius 3 is 2.82 bits per heavy atom. The quantitative estimate of drug-likeness (QED) is 0.757. The molecule has 1 aliphatic carbocycles. The summed E-state index contributed by atoms with van der Waals surface area (Å²) in [5.41, 5.74) is 0.759. The Bertz CT molecular complexity index is 903. The highest BCUT2D eigenvalue weighted by molar-refractivity contribution is 5.83. The second-order valence-electron chi connectivity index (χ2n) is 6.91. The molecule has 0 bridgehead atoms. The summed E-state index contributed by atoms with van der Waals surface area (Å²) < 4.78 is 46.8. The third kappa shape index (κ3) is 4.63. The molecule has 0 saturated heterocycles. The van der Waals surface area contributed by atoms with E-state index in [0.29, 0.717) is 6.54 Å². The molecule has 1 amide bonds. The van der Waals surface area contributed by atoms with Crippen molar-refractivity contribution < 1.29 is 22.7 Å². The molecule has 3 rings (SSSR count). The van der Waals surface area contributed by atoms with Crippen LogP contribution in [-0.4, -0.2) is 33.8 Å². The Morgan fingerprint density at radius 2 is 2.14 bits per heavy atom. The Kier molecular flexibility index (Phi) is 5.90. The van der Waals surface area contributed by atoms with Gasteiger partial charge in [0.15, 0.2) is 12.3 Å². The molecule has 2 heterocycles. The molecule has 0 spiro atoms. The number of carbonyl (C=O) groups excluding carboxylic acids is 1. The molecule has 0 aliphatic heterocycles. The molecule has 9 heteroatoms. The number of alkyl halides is 3. The first-order chi connectivity index (χ1) is 13.3. The largest absolute Gasteiger partial charge is 0.467 e. The van der Waals surface area contributed by atoms with Crippen molar-refractivity contribution in [2.24, 2.45) is 7.05 Å². The van der Waals surface area contributed by atoms with Crippen LogP contribution in [0.25, 0.3) is 11.0 Å². The van der Waals surface area contributed by atoms with Crippen LogP contribution in [0.1, 0.15) is 43.4 Å². The summed E-state index contributed by atoms with van der Waals surface area (Å²) in [6.07, 6.45) is 2.92. The lowest BCUT2D eigenvalue weighted by Gasteiger charge is -2.13. The van der Waals surface area contributed by atoms with Crippen LogP contribution in [-0.2, 0) is 18.0 Å². The molecule has 152 valence electrons. The van der Waals surface area contributed by atoms with Crippen molar-refractivity contribution in [2.45, 2.75) is 45.2 Å². The van der Waals surface area contributed by atoms with Crippen LogP contribution < -0.4 is 10.1 Å². The van der Waals surface area contributed by atoms with E-state index >= 15 is 0 Å². The predicted octanol–water partition coefficient (Wildman–Crippen LogP) is 3.68. The van der Waals surface area contributed by atoms with Crippen molar-refractivity contribution >= 4 is 16.9 Å². The first-order valence-electron chi connectivity index (χ1n) is 9.24. The number of amides is 1. The summed E-state index contributed by atoms with van der Waals surface area (Å²) >= 11 is 0. The number of pyridine rings is 1. The molecule has 0 fully saturated rings. The second kappa shape index (κ2) is 8.20. The number of fused-ring (bicyclic) bond motifs is 1. The zero-order chi connectivity index (χ0) is 20.3. The smallest absolute Gasteiger partial charge is 0.417 e. The lowest BCUT2D eigenvalue weighted by atomic mass is 9.97. The summed E-state index contributed by atoms with van der Waals surface area (Å²) in [6.45, 7) is 1.58. The molecule has 0 radical (unpaired) electrons. The Morgan fingerprint density at radius 1 is 1.36 bits per heavy atom. The molecule has 6 nitrogen and oxygen atoms in total. The van der Waals surface area contributed by atoms with Crippen molar-refractivity contribution in [1.29, 1.82) is 0 Å². The number of aromatic nitrogens is 3. The number of nitrogens with zero attached hydrogens (tertiary/aromatic N) is 3. The lowest BCUT2D eigenvalue weighted by Crippen LogP contribution is -2.30. The molecule has 1 N–H and O–H groups in total. The van der Waals surface area contributed by atoms with Crippen LogP contribution in [0.2, 0.25) is 0 Å². The van der Waals surface area contributed by atoms with E-state index in [4.69, 9.17) is 4.74 Å². The minimum atomic E-state index is -4.58. The van der Waals surface area contributed by atoms with Crippen LogP contribution in [0.4, 0.5) is 13.2 Å². The van der Waals surface area contributed by atoms with Crippen molar-refractivity contribution in [2.75, 3.05) is 13.2 Å². The van der Waals surface area contributed by atoms with Gasteiger partial charge in [-0.15, -0.1) is 0 Å². The highest BCUT2D eigenvalue weighted by Crippen LogP contribution is 2.37. The molecule has 0 saturated carbocycles. The fraction of sp³-hybridized carbons (Fsp3) is 0.526. The average Bonchev–Trinajstić information content (AvgIpc) is 2.93. The van der Waals surface area contributed by atoms with E-state index in [2.05, 4.69) is 21.5 Å². The molecule has 0 aromatic carbocycles. The van der Waals surface area contributed by atoms with Gasteiger partial charge in [-0.2, -0.15) is 23.3 Å². The summed E-state index contributed by atoms with van der Waals surface area (Å²) in [7, 11) is 1.51. The average molecular weight is 396 g/mol. The minimum Gasteiger partial charge on any atom is -0.467 e. The fourth-order valence-electron chi connectivity index (χ4n) is 3.40. The number of aryl methyl sites for hydroxylation is 2. The third-order valence-electron chi connectivity index (χ3n) is 4.76. The maximum absolute atomic E-state index is 13.4. The number of nitrogens with one attached hydrogen (secondary N) is 1. The van der Waals surface area contributed by atoms with Crippen LogP contribution >= 0.6 is 0 Å². The number of ether oxygens (including phenoxy) is 1. The molecular formula is C19H23F3N4O2. The highest BCUT2D eigenvalue weighted by Gasteiger charge is 2.35. The lowest BCUT2D eigenvalue weighted by molar-refractivity contribution is -0.136. The van der Waals surface area contributed by atoms with Crippen LogP contribution in [0.15, 0.2) is 17.7 Å². The molecule has 2 aromatic heterocycles. The number of allylic oxidation sites excluding steroid dienone is 1. The van der Waals surface area contributed by atoms with E-state index in [9.17, 15) is 18.0 Å². The summed E-state index contributed by atoms with van der Waals surface area (Å²) in [4.78, 5) is 16.0. The van der Waals surface area contributed by atoms with Gasteiger partial charge in [0.25, 0.3) is 5.91 Å². The molecule has 0 unspecified atom stereocenters. The number of hydrogen-bond donors (Lipinski definition) is 1. The van der Waals surface area contributed by atoms with Gasteiger partial charge in [-0.05, 0) is 39.0 Å². The molecule has 28 heavy (non-hydrogen) atoms.